The Bertz CT molecular complexity index is 691. The second-order valence-electron chi connectivity index (χ2n) is 4.20. The summed E-state index contributed by atoms with van der Waals surface area (Å²) < 4.78 is 6.96. The Morgan fingerprint density at radius 3 is 2.64 bits per heavy atom. The van der Waals surface area contributed by atoms with Crippen molar-refractivity contribution in [1.82, 2.24) is 5.43 Å². The third kappa shape index (κ3) is 4.57. The van der Waals surface area contributed by atoms with E-state index < -0.39 is 6.03 Å². The number of benzene rings is 2. The van der Waals surface area contributed by atoms with Crippen molar-refractivity contribution < 1.29 is 9.53 Å². The number of urea groups is 1. The van der Waals surface area contributed by atoms with Crippen molar-refractivity contribution in [2.75, 3.05) is 12.4 Å². The maximum Gasteiger partial charge on any atom is 0.339 e. The van der Waals surface area contributed by atoms with E-state index in [0.29, 0.717) is 11.4 Å². The van der Waals surface area contributed by atoms with Gasteiger partial charge in [0.1, 0.15) is 5.75 Å². The molecule has 0 aliphatic heterocycles. The molecule has 0 aromatic heterocycles. The van der Waals surface area contributed by atoms with Crippen LogP contribution in [0.1, 0.15) is 5.56 Å². The molecule has 0 bridgehead atoms. The van der Waals surface area contributed by atoms with Gasteiger partial charge in [-0.3, -0.25) is 0 Å². The predicted molar refractivity (Wildman–Crippen MR) is 94.6 cm³/mol. The van der Waals surface area contributed by atoms with Gasteiger partial charge in [0.25, 0.3) is 0 Å². The lowest BCUT2D eigenvalue weighted by Gasteiger charge is -2.08. The summed E-state index contributed by atoms with van der Waals surface area (Å²) in [7, 11) is 1.57. The molecule has 2 aromatic rings. The maximum atomic E-state index is 11.7. The number of methoxy groups -OCH3 is 1. The van der Waals surface area contributed by atoms with Gasteiger partial charge >= 0.3 is 6.03 Å². The van der Waals surface area contributed by atoms with Gasteiger partial charge in [-0.05, 0) is 40.2 Å². The van der Waals surface area contributed by atoms with Crippen LogP contribution in [0.3, 0.4) is 0 Å². The van der Waals surface area contributed by atoms with Crippen LogP contribution in [0.25, 0.3) is 0 Å². The molecule has 7 heteroatoms. The van der Waals surface area contributed by atoms with Crippen LogP contribution in [0.5, 0.6) is 5.75 Å². The number of anilines is 1. The average Bonchev–Trinajstić information content (AvgIpc) is 2.48. The minimum absolute atomic E-state index is 0.421. The Morgan fingerprint density at radius 2 is 1.95 bits per heavy atom. The first-order chi connectivity index (χ1) is 10.6. The second kappa shape index (κ2) is 7.95. The van der Waals surface area contributed by atoms with E-state index in [2.05, 4.69) is 47.7 Å². The summed E-state index contributed by atoms with van der Waals surface area (Å²) in [6, 6.07) is 12.4. The van der Waals surface area contributed by atoms with Crippen molar-refractivity contribution in [2.24, 2.45) is 5.10 Å². The summed E-state index contributed by atoms with van der Waals surface area (Å²) in [5, 5.41) is 6.59. The fourth-order valence-corrected chi connectivity index (χ4v) is 3.15. The Hall–Kier alpha value is -1.86. The number of carbonyl (C=O) groups excluding carboxylic acids is 1. The molecule has 114 valence electrons. The monoisotopic (exact) mass is 425 g/mol. The number of hydrogen-bond acceptors (Lipinski definition) is 3. The quantitative estimate of drug-likeness (QED) is 0.563. The zero-order chi connectivity index (χ0) is 15.9. The number of para-hydroxylation sites is 1. The van der Waals surface area contributed by atoms with Crippen molar-refractivity contribution in [3.8, 4) is 5.75 Å². The van der Waals surface area contributed by atoms with E-state index in [1.165, 1.54) is 6.21 Å². The number of rotatable bonds is 4. The molecule has 2 aromatic carbocycles. The zero-order valence-corrected chi connectivity index (χ0v) is 14.8. The molecular formula is C15H13Br2N3O2. The molecule has 5 nitrogen and oxygen atoms in total. The molecule has 2 amide bonds. The molecule has 0 fully saturated rings. The summed E-state index contributed by atoms with van der Waals surface area (Å²) >= 11 is 6.80. The zero-order valence-electron chi connectivity index (χ0n) is 11.6. The highest BCUT2D eigenvalue weighted by molar-refractivity contribution is 9.11. The SMILES string of the molecule is COc1c(Br)cc(Br)cc1/C=N/NC(=O)Nc1ccccc1. The van der Waals surface area contributed by atoms with Gasteiger partial charge in [-0.15, -0.1) is 0 Å². The van der Waals surface area contributed by atoms with Crippen molar-refractivity contribution >= 4 is 49.8 Å². The Morgan fingerprint density at radius 1 is 1.23 bits per heavy atom. The van der Waals surface area contributed by atoms with Gasteiger partial charge in [0.05, 0.1) is 17.8 Å². The topological polar surface area (TPSA) is 62.7 Å². The molecule has 0 saturated carbocycles. The Balaban J connectivity index is 2.02. The molecule has 22 heavy (non-hydrogen) atoms. The first kappa shape index (κ1) is 16.5. The lowest BCUT2D eigenvalue weighted by molar-refractivity contribution is 0.252. The molecule has 2 rings (SSSR count). The summed E-state index contributed by atoms with van der Waals surface area (Å²) in [5.41, 5.74) is 3.82. The molecule has 0 unspecified atom stereocenters. The van der Waals surface area contributed by atoms with Crippen molar-refractivity contribution in [2.45, 2.75) is 0 Å². The summed E-state index contributed by atoms with van der Waals surface area (Å²) in [6.45, 7) is 0. The molecule has 0 aliphatic rings. The van der Waals surface area contributed by atoms with Gasteiger partial charge in [-0.25, -0.2) is 10.2 Å². The number of hydrogen-bond donors (Lipinski definition) is 2. The predicted octanol–water partition coefficient (Wildman–Crippen LogP) is 4.38. The minimum Gasteiger partial charge on any atom is -0.495 e. The number of halogens is 2. The standard InChI is InChI=1S/C15H13Br2N3O2/c1-22-14-10(7-11(16)8-13(14)17)9-18-20-15(21)19-12-5-3-2-4-6-12/h2-9H,1H3,(H2,19,20,21)/b18-9+. The van der Waals surface area contributed by atoms with Crippen LogP contribution in [0, 0.1) is 0 Å². The molecule has 2 N–H and O–H groups in total. The molecule has 0 saturated heterocycles. The molecule has 0 aliphatic carbocycles. The number of amides is 2. The van der Waals surface area contributed by atoms with Crippen molar-refractivity contribution in [1.29, 1.82) is 0 Å². The van der Waals surface area contributed by atoms with E-state index in [1.807, 2.05) is 30.3 Å². The third-order valence-corrected chi connectivity index (χ3v) is 3.69. The van der Waals surface area contributed by atoms with E-state index in [1.54, 1.807) is 19.2 Å². The van der Waals surface area contributed by atoms with Crippen LogP contribution < -0.4 is 15.5 Å². The number of hydrazone groups is 1. The number of ether oxygens (including phenoxy) is 1. The molecular weight excluding hydrogens is 414 g/mol. The lowest BCUT2D eigenvalue weighted by Crippen LogP contribution is -2.24. The van der Waals surface area contributed by atoms with Crippen LogP contribution in [0.4, 0.5) is 10.5 Å². The lowest BCUT2D eigenvalue weighted by atomic mass is 10.2. The molecule has 0 radical (unpaired) electrons. The summed E-state index contributed by atoms with van der Waals surface area (Å²) in [6.07, 6.45) is 1.51. The van der Waals surface area contributed by atoms with Crippen LogP contribution >= 0.6 is 31.9 Å². The van der Waals surface area contributed by atoms with E-state index in [9.17, 15) is 4.79 Å². The van der Waals surface area contributed by atoms with E-state index in [-0.39, 0.29) is 0 Å². The Kier molecular flexibility index (Phi) is 5.97. The number of nitrogens with one attached hydrogen (secondary N) is 2. The largest absolute Gasteiger partial charge is 0.495 e. The normalized spacial score (nSPS) is 10.5. The van der Waals surface area contributed by atoms with Gasteiger partial charge in [-0.1, -0.05) is 34.1 Å². The van der Waals surface area contributed by atoms with Gasteiger partial charge in [0.15, 0.2) is 0 Å². The molecule has 0 spiro atoms. The third-order valence-electron chi connectivity index (χ3n) is 2.64. The van der Waals surface area contributed by atoms with Crippen LogP contribution in [0.15, 0.2) is 56.5 Å². The highest BCUT2D eigenvalue weighted by atomic mass is 79.9. The first-order valence-corrected chi connectivity index (χ1v) is 7.87. The first-order valence-electron chi connectivity index (χ1n) is 6.28. The maximum absolute atomic E-state index is 11.7. The molecule has 0 heterocycles. The highest BCUT2D eigenvalue weighted by Gasteiger charge is 2.07. The minimum atomic E-state index is -0.421. The van der Waals surface area contributed by atoms with Gasteiger partial charge < -0.3 is 10.1 Å². The van der Waals surface area contributed by atoms with Crippen molar-refractivity contribution in [3.05, 3.63) is 57.0 Å². The second-order valence-corrected chi connectivity index (χ2v) is 5.97. The van der Waals surface area contributed by atoms with E-state index in [0.717, 1.165) is 14.5 Å². The fraction of sp³-hybridized carbons (Fsp3) is 0.0667. The average molecular weight is 427 g/mol. The van der Waals surface area contributed by atoms with Crippen LogP contribution in [-0.4, -0.2) is 19.4 Å². The van der Waals surface area contributed by atoms with Gasteiger partial charge in [0.2, 0.25) is 0 Å². The highest BCUT2D eigenvalue weighted by Crippen LogP contribution is 2.31. The van der Waals surface area contributed by atoms with Gasteiger partial charge in [0, 0.05) is 15.7 Å². The summed E-state index contributed by atoms with van der Waals surface area (Å²) in [5.74, 6) is 0.636. The van der Waals surface area contributed by atoms with Gasteiger partial charge in [-0.2, -0.15) is 5.10 Å². The fourth-order valence-electron chi connectivity index (χ4n) is 1.73. The number of nitrogens with zero attached hydrogens (tertiary/aromatic N) is 1. The van der Waals surface area contributed by atoms with Crippen LogP contribution in [0.2, 0.25) is 0 Å². The molecule has 0 atom stereocenters. The van der Waals surface area contributed by atoms with E-state index >= 15 is 0 Å². The summed E-state index contributed by atoms with van der Waals surface area (Å²) in [4.78, 5) is 11.7. The van der Waals surface area contributed by atoms with Crippen LogP contribution in [-0.2, 0) is 0 Å². The van der Waals surface area contributed by atoms with Crippen molar-refractivity contribution in [3.63, 3.8) is 0 Å². The Labute approximate surface area is 145 Å². The number of carbonyl (C=O) groups is 1. The smallest absolute Gasteiger partial charge is 0.339 e. The van der Waals surface area contributed by atoms with E-state index in [4.69, 9.17) is 4.74 Å².